The molecule has 108 valence electrons. The Hall–Kier alpha value is -1.02. The summed E-state index contributed by atoms with van der Waals surface area (Å²) in [6, 6.07) is 8.22. The Morgan fingerprint density at radius 1 is 0.947 bits per heavy atom. The predicted molar refractivity (Wildman–Crippen MR) is 82.7 cm³/mol. The van der Waals surface area contributed by atoms with E-state index in [0.717, 1.165) is 18.8 Å². The van der Waals surface area contributed by atoms with E-state index in [2.05, 4.69) is 24.4 Å². The molecule has 0 aliphatic rings. The number of hydrogen-bond donors (Lipinski definition) is 1. The lowest BCUT2D eigenvalue weighted by Gasteiger charge is -2.09. The van der Waals surface area contributed by atoms with Crippen LogP contribution in [-0.2, 0) is 6.54 Å². The smallest absolute Gasteiger partial charge is 0.123 e. The second-order valence-corrected chi connectivity index (χ2v) is 5.11. The summed E-state index contributed by atoms with van der Waals surface area (Å²) in [5, 5.41) is 3.50. The van der Waals surface area contributed by atoms with Gasteiger partial charge in [-0.15, -0.1) is 0 Å². The fourth-order valence-electron chi connectivity index (χ4n) is 2.28. The third-order valence-electron chi connectivity index (χ3n) is 3.47. The second-order valence-electron chi connectivity index (χ2n) is 5.11. The molecule has 1 rings (SSSR count). The van der Waals surface area contributed by atoms with Gasteiger partial charge < -0.3 is 10.1 Å². The topological polar surface area (TPSA) is 21.3 Å². The van der Waals surface area contributed by atoms with Gasteiger partial charge in [-0.25, -0.2) is 0 Å². The molecule has 19 heavy (non-hydrogen) atoms. The molecule has 0 heterocycles. The van der Waals surface area contributed by atoms with Crippen LogP contribution in [-0.4, -0.2) is 13.7 Å². The lowest BCUT2D eigenvalue weighted by molar-refractivity contribution is 0.407. The highest BCUT2D eigenvalue weighted by Gasteiger charge is 2.00. The van der Waals surface area contributed by atoms with Gasteiger partial charge >= 0.3 is 0 Å². The molecule has 0 radical (unpaired) electrons. The second kappa shape index (κ2) is 10.9. The zero-order valence-corrected chi connectivity index (χ0v) is 12.6. The van der Waals surface area contributed by atoms with Crippen LogP contribution in [0.1, 0.15) is 57.4 Å². The third kappa shape index (κ3) is 7.22. The number of ether oxygens (including phenoxy) is 1. The largest absolute Gasteiger partial charge is 0.496 e. The number of nitrogens with one attached hydrogen (secondary N) is 1. The molecule has 0 saturated carbocycles. The van der Waals surface area contributed by atoms with Gasteiger partial charge in [0.25, 0.3) is 0 Å². The summed E-state index contributed by atoms with van der Waals surface area (Å²) >= 11 is 0. The molecule has 0 aliphatic carbocycles. The molecule has 1 N–H and O–H groups in total. The molecular weight excluding hydrogens is 234 g/mol. The van der Waals surface area contributed by atoms with Gasteiger partial charge in [-0.05, 0) is 19.0 Å². The first-order valence-corrected chi connectivity index (χ1v) is 7.71. The molecule has 1 aromatic rings. The Balaban J connectivity index is 2.01. The molecule has 0 atom stereocenters. The van der Waals surface area contributed by atoms with Crippen LogP contribution < -0.4 is 10.1 Å². The molecule has 2 nitrogen and oxygen atoms in total. The fourth-order valence-corrected chi connectivity index (χ4v) is 2.28. The maximum absolute atomic E-state index is 5.34. The van der Waals surface area contributed by atoms with Crippen molar-refractivity contribution in [1.29, 1.82) is 0 Å². The number of unbranched alkanes of at least 4 members (excludes halogenated alkanes) is 6. The van der Waals surface area contributed by atoms with E-state index in [-0.39, 0.29) is 0 Å². The van der Waals surface area contributed by atoms with Crippen molar-refractivity contribution in [3.05, 3.63) is 29.8 Å². The molecule has 0 fully saturated rings. The van der Waals surface area contributed by atoms with Crippen molar-refractivity contribution in [2.45, 2.75) is 58.4 Å². The minimum absolute atomic E-state index is 0.903. The van der Waals surface area contributed by atoms with E-state index in [0.29, 0.717) is 0 Å². The minimum atomic E-state index is 0.903. The van der Waals surface area contributed by atoms with Crippen molar-refractivity contribution in [2.75, 3.05) is 13.7 Å². The number of hydrogen-bond acceptors (Lipinski definition) is 2. The van der Waals surface area contributed by atoms with Crippen LogP contribution >= 0.6 is 0 Å². The van der Waals surface area contributed by atoms with Crippen molar-refractivity contribution in [2.24, 2.45) is 0 Å². The number of benzene rings is 1. The minimum Gasteiger partial charge on any atom is -0.496 e. The third-order valence-corrected chi connectivity index (χ3v) is 3.47. The number of para-hydroxylation sites is 1. The van der Waals surface area contributed by atoms with Gasteiger partial charge in [-0.2, -0.15) is 0 Å². The Morgan fingerprint density at radius 3 is 2.37 bits per heavy atom. The van der Waals surface area contributed by atoms with Crippen molar-refractivity contribution in [3.63, 3.8) is 0 Å². The highest BCUT2D eigenvalue weighted by molar-refractivity contribution is 5.32. The van der Waals surface area contributed by atoms with Gasteiger partial charge in [0.1, 0.15) is 5.75 Å². The van der Waals surface area contributed by atoms with Crippen LogP contribution in [0.3, 0.4) is 0 Å². The lowest BCUT2D eigenvalue weighted by atomic mass is 10.1. The van der Waals surface area contributed by atoms with E-state index < -0.39 is 0 Å². The van der Waals surface area contributed by atoms with E-state index in [1.54, 1.807) is 7.11 Å². The maximum Gasteiger partial charge on any atom is 0.123 e. The standard InChI is InChI=1S/C17H29NO/c1-3-4-5-6-7-8-11-14-18-15-16-12-9-10-13-17(16)19-2/h9-10,12-13,18H,3-8,11,14-15H2,1-2H3. The van der Waals surface area contributed by atoms with Gasteiger partial charge in [0.05, 0.1) is 7.11 Å². The highest BCUT2D eigenvalue weighted by atomic mass is 16.5. The average molecular weight is 263 g/mol. The lowest BCUT2D eigenvalue weighted by Crippen LogP contribution is -2.15. The van der Waals surface area contributed by atoms with E-state index in [1.165, 1.54) is 50.5 Å². The van der Waals surface area contributed by atoms with Crippen LogP contribution in [0, 0.1) is 0 Å². The van der Waals surface area contributed by atoms with Crippen molar-refractivity contribution < 1.29 is 4.74 Å². The summed E-state index contributed by atoms with van der Waals surface area (Å²) in [5.41, 5.74) is 1.24. The predicted octanol–water partition coefficient (Wildman–Crippen LogP) is 4.54. The van der Waals surface area contributed by atoms with Crippen molar-refractivity contribution >= 4 is 0 Å². The summed E-state index contributed by atoms with van der Waals surface area (Å²) in [7, 11) is 1.73. The molecule has 0 amide bonds. The van der Waals surface area contributed by atoms with Crippen LogP contribution in [0.15, 0.2) is 24.3 Å². The van der Waals surface area contributed by atoms with Crippen LogP contribution in [0.5, 0.6) is 5.75 Å². The summed E-state index contributed by atoms with van der Waals surface area (Å²) in [6.45, 7) is 4.27. The molecule has 0 spiro atoms. The van der Waals surface area contributed by atoms with E-state index in [9.17, 15) is 0 Å². The Kier molecular flexibility index (Phi) is 9.17. The molecule has 1 aromatic carbocycles. The SMILES string of the molecule is CCCCCCCCCNCc1ccccc1OC. The quantitative estimate of drug-likeness (QED) is 0.592. The molecule has 0 bridgehead atoms. The van der Waals surface area contributed by atoms with Gasteiger partial charge in [0, 0.05) is 12.1 Å². The first kappa shape index (κ1) is 16.0. The summed E-state index contributed by atoms with van der Waals surface area (Å²) in [4.78, 5) is 0. The molecule has 0 unspecified atom stereocenters. The van der Waals surface area contributed by atoms with Crippen molar-refractivity contribution in [3.8, 4) is 5.75 Å². The Labute approximate surface area is 118 Å². The van der Waals surface area contributed by atoms with Gasteiger partial charge in [-0.1, -0.05) is 63.6 Å². The first-order valence-electron chi connectivity index (χ1n) is 7.71. The monoisotopic (exact) mass is 263 g/mol. The molecule has 0 aromatic heterocycles. The Morgan fingerprint density at radius 2 is 1.63 bits per heavy atom. The summed E-state index contributed by atoms with van der Waals surface area (Å²) in [5.74, 6) is 0.981. The van der Waals surface area contributed by atoms with Crippen LogP contribution in [0.4, 0.5) is 0 Å². The normalized spacial score (nSPS) is 10.6. The average Bonchev–Trinajstić information content (AvgIpc) is 2.46. The molecule has 2 heteroatoms. The zero-order valence-electron chi connectivity index (χ0n) is 12.6. The van der Waals surface area contributed by atoms with Gasteiger partial charge in [-0.3, -0.25) is 0 Å². The molecular formula is C17H29NO. The maximum atomic E-state index is 5.34. The highest BCUT2D eigenvalue weighted by Crippen LogP contribution is 2.16. The number of rotatable bonds is 11. The van der Waals surface area contributed by atoms with E-state index in [1.807, 2.05) is 12.1 Å². The fraction of sp³-hybridized carbons (Fsp3) is 0.647. The van der Waals surface area contributed by atoms with Gasteiger partial charge in [0.15, 0.2) is 0 Å². The molecule has 0 saturated heterocycles. The number of methoxy groups -OCH3 is 1. The van der Waals surface area contributed by atoms with Crippen LogP contribution in [0.25, 0.3) is 0 Å². The zero-order chi connectivity index (χ0) is 13.8. The van der Waals surface area contributed by atoms with Crippen LogP contribution in [0.2, 0.25) is 0 Å². The van der Waals surface area contributed by atoms with E-state index in [4.69, 9.17) is 4.74 Å². The summed E-state index contributed by atoms with van der Waals surface area (Å²) < 4.78 is 5.34. The van der Waals surface area contributed by atoms with Gasteiger partial charge in [0.2, 0.25) is 0 Å². The van der Waals surface area contributed by atoms with Crippen molar-refractivity contribution in [1.82, 2.24) is 5.32 Å². The molecule has 0 aliphatic heterocycles. The van der Waals surface area contributed by atoms with E-state index >= 15 is 0 Å². The first-order chi connectivity index (χ1) is 9.38. The Bertz CT molecular complexity index is 325. The summed E-state index contributed by atoms with van der Waals surface area (Å²) in [6.07, 6.45) is 9.55.